The first-order valence-electron chi connectivity index (χ1n) is 9.15. The van der Waals surface area contributed by atoms with Crippen molar-refractivity contribution in [3.8, 4) is 0 Å². The minimum Gasteiger partial charge on any atom is -0.342 e. The van der Waals surface area contributed by atoms with E-state index in [4.69, 9.17) is 4.98 Å². The number of fused-ring (bicyclic) bond motifs is 1. The monoisotopic (exact) mass is 342 g/mol. The second-order valence-corrected chi connectivity index (χ2v) is 7.42. The first-order chi connectivity index (χ1) is 12.1. The van der Waals surface area contributed by atoms with Crippen LogP contribution in [-0.4, -0.2) is 44.1 Å². The van der Waals surface area contributed by atoms with Gasteiger partial charge in [-0.1, -0.05) is 6.92 Å². The maximum atomic E-state index is 12.7. The highest BCUT2D eigenvalue weighted by molar-refractivity contribution is 5.35. The number of anilines is 1. The molecule has 7 heteroatoms. The molecule has 0 spiro atoms. The minimum absolute atomic E-state index is 0.0165. The van der Waals surface area contributed by atoms with E-state index in [0.717, 1.165) is 55.6 Å². The molecule has 1 unspecified atom stereocenters. The Morgan fingerprint density at radius 3 is 3.00 bits per heavy atom. The minimum atomic E-state index is 0.0165. The lowest BCUT2D eigenvalue weighted by Gasteiger charge is -2.33. The summed E-state index contributed by atoms with van der Waals surface area (Å²) in [6.45, 7) is 6.53. The first-order valence-corrected chi connectivity index (χ1v) is 9.15. The van der Waals surface area contributed by atoms with Crippen LogP contribution in [0, 0.1) is 5.92 Å². The van der Waals surface area contributed by atoms with Gasteiger partial charge in [-0.2, -0.15) is 0 Å². The smallest absolute Gasteiger partial charge is 0.257 e. The summed E-state index contributed by atoms with van der Waals surface area (Å²) in [4.78, 5) is 29.4. The highest BCUT2D eigenvalue weighted by Crippen LogP contribution is 2.22. The molecule has 0 aromatic carbocycles. The molecule has 4 heterocycles. The van der Waals surface area contributed by atoms with Crippen LogP contribution in [0.4, 0.5) is 5.95 Å². The van der Waals surface area contributed by atoms with Gasteiger partial charge in [-0.05, 0) is 18.8 Å². The van der Waals surface area contributed by atoms with Gasteiger partial charge in [0.05, 0.1) is 17.8 Å². The van der Waals surface area contributed by atoms with Crippen LogP contribution in [0.25, 0.3) is 0 Å². The summed E-state index contributed by atoms with van der Waals surface area (Å²) >= 11 is 0. The Morgan fingerprint density at radius 1 is 1.36 bits per heavy atom. The van der Waals surface area contributed by atoms with Gasteiger partial charge in [-0.15, -0.1) is 0 Å². The first kappa shape index (κ1) is 16.3. The number of hydrogen-bond acceptors (Lipinski definition) is 5. The Balaban J connectivity index is 1.53. The highest BCUT2D eigenvalue weighted by atomic mass is 16.1. The lowest BCUT2D eigenvalue weighted by molar-refractivity contribution is 0.233. The summed E-state index contributed by atoms with van der Waals surface area (Å²) in [5.41, 5.74) is 1.80. The van der Waals surface area contributed by atoms with Gasteiger partial charge in [0, 0.05) is 52.0 Å². The number of aryl methyl sites for hydroxylation is 1. The summed E-state index contributed by atoms with van der Waals surface area (Å²) in [6, 6.07) is 0. The van der Waals surface area contributed by atoms with Gasteiger partial charge in [0.25, 0.3) is 5.56 Å². The van der Waals surface area contributed by atoms with Crippen LogP contribution < -0.4 is 10.5 Å². The van der Waals surface area contributed by atoms with Gasteiger partial charge in [0.1, 0.15) is 5.82 Å². The third-order valence-electron chi connectivity index (χ3n) is 5.38. The lowest BCUT2D eigenvalue weighted by Crippen LogP contribution is -2.40. The standard InChI is InChI=1S/C18H26N6O/c1-13-4-3-7-24(10-13)18-20-15-5-8-23(11-14(15)17(25)21-18)12-16-19-6-9-22(16)2/h6,9,13H,3-5,7-8,10-12H2,1-2H3,(H,20,21,25). The SMILES string of the molecule is CC1CCCN(c2nc3c(c(=O)[nH]2)CN(Cc2nccn2C)CC3)C1. The van der Waals surface area contributed by atoms with E-state index < -0.39 is 0 Å². The van der Waals surface area contributed by atoms with Crippen LogP contribution in [0.2, 0.25) is 0 Å². The fourth-order valence-electron chi connectivity index (χ4n) is 3.88. The van der Waals surface area contributed by atoms with Crippen molar-refractivity contribution in [2.24, 2.45) is 13.0 Å². The van der Waals surface area contributed by atoms with Gasteiger partial charge in [0.15, 0.2) is 0 Å². The number of imidazole rings is 1. The number of aromatic amines is 1. The molecule has 2 aromatic rings. The zero-order valence-corrected chi connectivity index (χ0v) is 15.0. The molecule has 2 aliphatic rings. The predicted molar refractivity (Wildman–Crippen MR) is 96.5 cm³/mol. The second kappa shape index (κ2) is 6.63. The summed E-state index contributed by atoms with van der Waals surface area (Å²) in [7, 11) is 2.00. The molecule has 2 aromatic heterocycles. The van der Waals surface area contributed by atoms with E-state index in [-0.39, 0.29) is 5.56 Å². The van der Waals surface area contributed by atoms with Crippen LogP contribution in [-0.2, 0) is 26.6 Å². The fraction of sp³-hybridized carbons (Fsp3) is 0.611. The van der Waals surface area contributed by atoms with E-state index in [1.807, 2.05) is 24.0 Å². The van der Waals surface area contributed by atoms with Gasteiger partial charge in [0.2, 0.25) is 5.95 Å². The van der Waals surface area contributed by atoms with Crippen LogP contribution in [0.3, 0.4) is 0 Å². The zero-order valence-electron chi connectivity index (χ0n) is 15.0. The van der Waals surface area contributed by atoms with E-state index in [1.165, 1.54) is 12.8 Å². The Labute approximate surface area is 147 Å². The summed E-state index contributed by atoms with van der Waals surface area (Å²) in [6.07, 6.45) is 7.01. The Kier molecular flexibility index (Phi) is 4.33. The van der Waals surface area contributed by atoms with Gasteiger partial charge in [-0.25, -0.2) is 9.97 Å². The summed E-state index contributed by atoms with van der Waals surface area (Å²) in [5, 5.41) is 0. The molecule has 25 heavy (non-hydrogen) atoms. The van der Waals surface area contributed by atoms with Crippen molar-refractivity contribution >= 4 is 5.95 Å². The van der Waals surface area contributed by atoms with Crippen molar-refractivity contribution in [1.29, 1.82) is 0 Å². The van der Waals surface area contributed by atoms with E-state index >= 15 is 0 Å². The average molecular weight is 342 g/mol. The zero-order chi connectivity index (χ0) is 17.4. The predicted octanol–water partition coefficient (Wildman–Crippen LogP) is 1.30. The van der Waals surface area contributed by atoms with Crippen LogP contribution in [0.1, 0.15) is 36.8 Å². The third-order valence-corrected chi connectivity index (χ3v) is 5.38. The molecule has 7 nitrogen and oxygen atoms in total. The summed E-state index contributed by atoms with van der Waals surface area (Å²) < 4.78 is 2.03. The third kappa shape index (κ3) is 3.33. The molecule has 0 bridgehead atoms. The van der Waals surface area contributed by atoms with E-state index in [2.05, 4.69) is 26.7 Å². The largest absolute Gasteiger partial charge is 0.342 e. The van der Waals surface area contributed by atoms with Crippen molar-refractivity contribution in [2.45, 2.75) is 39.3 Å². The van der Waals surface area contributed by atoms with E-state index in [1.54, 1.807) is 0 Å². The topological polar surface area (TPSA) is 70.1 Å². The molecule has 4 rings (SSSR count). The molecule has 2 aliphatic heterocycles. The van der Waals surface area contributed by atoms with Crippen molar-refractivity contribution in [3.05, 3.63) is 39.8 Å². The molecule has 1 atom stereocenters. The number of H-pyrrole nitrogens is 1. The number of piperidine rings is 1. The van der Waals surface area contributed by atoms with Gasteiger partial charge in [-0.3, -0.25) is 14.7 Å². The molecule has 1 saturated heterocycles. The van der Waals surface area contributed by atoms with E-state index in [0.29, 0.717) is 12.5 Å². The maximum Gasteiger partial charge on any atom is 0.257 e. The average Bonchev–Trinajstić information content (AvgIpc) is 3.00. The molecule has 0 saturated carbocycles. The normalized spacial score (nSPS) is 21.4. The Bertz CT molecular complexity index is 810. The molecular formula is C18H26N6O. The van der Waals surface area contributed by atoms with Gasteiger partial charge < -0.3 is 9.47 Å². The van der Waals surface area contributed by atoms with Crippen LogP contribution in [0.15, 0.2) is 17.2 Å². The number of hydrogen-bond donors (Lipinski definition) is 1. The number of rotatable bonds is 3. The maximum absolute atomic E-state index is 12.7. The summed E-state index contributed by atoms with van der Waals surface area (Å²) in [5.74, 6) is 2.43. The second-order valence-electron chi connectivity index (χ2n) is 7.42. The molecule has 0 radical (unpaired) electrons. The lowest BCUT2D eigenvalue weighted by atomic mass is 10.0. The molecule has 1 fully saturated rings. The Morgan fingerprint density at radius 2 is 2.24 bits per heavy atom. The quantitative estimate of drug-likeness (QED) is 0.910. The van der Waals surface area contributed by atoms with Crippen LogP contribution in [0.5, 0.6) is 0 Å². The Hall–Kier alpha value is -2.15. The van der Waals surface area contributed by atoms with Crippen molar-refractivity contribution in [3.63, 3.8) is 0 Å². The van der Waals surface area contributed by atoms with E-state index in [9.17, 15) is 4.79 Å². The molecule has 1 N–H and O–H groups in total. The van der Waals surface area contributed by atoms with Crippen molar-refractivity contribution in [1.82, 2.24) is 24.4 Å². The fourth-order valence-corrected chi connectivity index (χ4v) is 3.88. The number of nitrogens with one attached hydrogen (secondary N) is 1. The van der Waals surface area contributed by atoms with Gasteiger partial charge >= 0.3 is 0 Å². The molecular weight excluding hydrogens is 316 g/mol. The van der Waals surface area contributed by atoms with Crippen molar-refractivity contribution in [2.75, 3.05) is 24.5 Å². The highest BCUT2D eigenvalue weighted by Gasteiger charge is 2.24. The molecule has 0 aliphatic carbocycles. The number of nitrogens with zero attached hydrogens (tertiary/aromatic N) is 5. The van der Waals surface area contributed by atoms with Crippen molar-refractivity contribution < 1.29 is 0 Å². The molecule has 134 valence electrons. The molecule has 0 amide bonds. The number of aromatic nitrogens is 4. The van der Waals surface area contributed by atoms with Crippen LogP contribution >= 0.6 is 0 Å².